The number of fused-ring (bicyclic) bond motifs is 1. The highest BCUT2D eigenvalue weighted by Gasteiger charge is 2.39. The molecule has 0 unspecified atom stereocenters. The van der Waals surface area contributed by atoms with E-state index >= 15 is 0 Å². The van der Waals surface area contributed by atoms with Gasteiger partial charge in [0.05, 0.1) is 40.0 Å². The Morgan fingerprint density at radius 1 is 1.30 bits per heavy atom. The summed E-state index contributed by atoms with van der Waals surface area (Å²) in [5.74, 6) is -0.238. The number of hydrogen-bond donors (Lipinski definition) is 1. The van der Waals surface area contributed by atoms with Crippen LogP contribution in [0.2, 0.25) is 0 Å². The molecule has 1 aliphatic rings. The first-order valence-corrected chi connectivity index (χ1v) is 9.10. The Bertz CT molecular complexity index is 892. The fourth-order valence-corrected chi connectivity index (χ4v) is 4.75. The number of hydrogen-bond acceptors (Lipinski definition) is 5. The highest BCUT2D eigenvalue weighted by molar-refractivity contribution is 7.91. The first kappa shape index (κ1) is 15.6. The number of carbonyl (C=O) groups excluding carboxylic acids is 1. The van der Waals surface area contributed by atoms with Crippen LogP contribution in [-0.4, -0.2) is 41.3 Å². The van der Waals surface area contributed by atoms with Gasteiger partial charge >= 0.3 is 0 Å². The van der Waals surface area contributed by atoms with Crippen molar-refractivity contribution in [1.82, 2.24) is 15.3 Å². The van der Waals surface area contributed by atoms with Crippen molar-refractivity contribution in [3.8, 4) is 0 Å². The summed E-state index contributed by atoms with van der Waals surface area (Å²) in [5, 5.41) is 2.77. The first-order valence-electron chi connectivity index (χ1n) is 7.28. The van der Waals surface area contributed by atoms with E-state index in [1.54, 1.807) is 19.2 Å². The number of benzene rings is 1. The zero-order valence-corrected chi connectivity index (χ0v) is 13.5. The molecule has 0 spiro atoms. The van der Waals surface area contributed by atoms with E-state index in [0.717, 1.165) is 11.0 Å². The van der Waals surface area contributed by atoms with Gasteiger partial charge in [0.25, 0.3) is 0 Å². The zero-order valence-electron chi connectivity index (χ0n) is 12.7. The Hall–Kier alpha value is -2.28. The molecule has 1 fully saturated rings. The predicted octanol–water partition coefficient (Wildman–Crippen LogP) is 1.34. The van der Waals surface area contributed by atoms with E-state index in [1.165, 1.54) is 6.08 Å². The van der Waals surface area contributed by atoms with Gasteiger partial charge in [-0.25, -0.2) is 13.4 Å². The number of amides is 1. The minimum Gasteiger partial charge on any atom is -0.346 e. The van der Waals surface area contributed by atoms with Crippen molar-refractivity contribution in [3.63, 3.8) is 0 Å². The van der Waals surface area contributed by atoms with E-state index in [4.69, 9.17) is 0 Å². The van der Waals surface area contributed by atoms with Crippen molar-refractivity contribution in [3.05, 3.63) is 42.2 Å². The fourth-order valence-electron chi connectivity index (χ4n) is 2.66. The SMILES string of the molecule is C[C@@]1(NC(=O)/C=C/c2cnc3ccccc3n2)CCS(=O)(=O)C1. The highest BCUT2D eigenvalue weighted by atomic mass is 32.2. The molecule has 1 N–H and O–H groups in total. The Balaban J connectivity index is 1.70. The fraction of sp³-hybridized carbons (Fsp3) is 0.312. The molecule has 1 saturated heterocycles. The van der Waals surface area contributed by atoms with Gasteiger partial charge in [-0.05, 0) is 31.6 Å². The minimum atomic E-state index is -3.05. The van der Waals surface area contributed by atoms with E-state index in [1.807, 2.05) is 24.3 Å². The number of rotatable bonds is 3. The van der Waals surface area contributed by atoms with Crippen LogP contribution in [0.1, 0.15) is 19.0 Å². The summed E-state index contributed by atoms with van der Waals surface area (Å²) in [7, 11) is -3.05. The summed E-state index contributed by atoms with van der Waals surface area (Å²) in [6.45, 7) is 1.75. The summed E-state index contributed by atoms with van der Waals surface area (Å²) in [5.41, 5.74) is 1.42. The second-order valence-electron chi connectivity index (χ2n) is 6.01. The van der Waals surface area contributed by atoms with Crippen molar-refractivity contribution in [2.75, 3.05) is 11.5 Å². The quantitative estimate of drug-likeness (QED) is 0.857. The summed E-state index contributed by atoms with van der Waals surface area (Å²) in [4.78, 5) is 20.7. The molecule has 1 aromatic heterocycles. The highest BCUT2D eigenvalue weighted by Crippen LogP contribution is 2.22. The maximum absolute atomic E-state index is 12.0. The molecule has 1 aromatic carbocycles. The van der Waals surface area contributed by atoms with E-state index in [0.29, 0.717) is 12.1 Å². The lowest BCUT2D eigenvalue weighted by Crippen LogP contribution is -2.46. The molecule has 1 aliphatic heterocycles. The van der Waals surface area contributed by atoms with Crippen molar-refractivity contribution < 1.29 is 13.2 Å². The third kappa shape index (κ3) is 3.73. The standard InChI is InChI=1S/C16H17N3O3S/c1-16(8-9-23(21,22)11-16)19-15(20)7-6-12-10-17-13-4-2-3-5-14(13)18-12/h2-7,10H,8-9,11H2,1H3,(H,19,20)/b7-6+/t16-/m1/s1. The molecule has 7 heteroatoms. The molecule has 23 heavy (non-hydrogen) atoms. The molecule has 0 aliphatic carbocycles. The summed E-state index contributed by atoms with van der Waals surface area (Å²) in [6.07, 6.45) is 4.95. The van der Waals surface area contributed by atoms with E-state index in [2.05, 4.69) is 15.3 Å². The van der Waals surface area contributed by atoms with Crippen LogP contribution >= 0.6 is 0 Å². The van der Waals surface area contributed by atoms with Crippen LogP contribution in [0.15, 0.2) is 36.5 Å². The van der Waals surface area contributed by atoms with Crippen LogP contribution in [0.25, 0.3) is 17.1 Å². The average molecular weight is 331 g/mol. The van der Waals surface area contributed by atoms with E-state index in [-0.39, 0.29) is 17.4 Å². The molecule has 120 valence electrons. The van der Waals surface area contributed by atoms with Gasteiger partial charge in [0.1, 0.15) is 0 Å². The first-order chi connectivity index (χ1) is 10.9. The molecular weight excluding hydrogens is 314 g/mol. The molecule has 1 atom stereocenters. The molecule has 3 rings (SSSR count). The van der Waals surface area contributed by atoms with Gasteiger partial charge in [-0.1, -0.05) is 12.1 Å². The van der Waals surface area contributed by atoms with Crippen LogP contribution in [0.5, 0.6) is 0 Å². The second-order valence-corrected chi connectivity index (χ2v) is 8.19. The van der Waals surface area contributed by atoms with Crippen LogP contribution < -0.4 is 5.32 Å². The van der Waals surface area contributed by atoms with Crippen molar-refractivity contribution >= 4 is 32.9 Å². The third-order valence-corrected chi connectivity index (χ3v) is 5.70. The van der Waals surface area contributed by atoms with Gasteiger partial charge in [0.2, 0.25) is 5.91 Å². The van der Waals surface area contributed by atoms with Crippen LogP contribution in [0.4, 0.5) is 0 Å². The summed E-state index contributed by atoms with van der Waals surface area (Å²) in [6, 6.07) is 7.48. The maximum atomic E-state index is 12.0. The lowest BCUT2D eigenvalue weighted by Gasteiger charge is -2.22. The lowest BCUT2D eigenvalue weighted by molar-refractivity contribution is -0.117. The van der Waals surface area contributed by atoms with E-state index in [9.17, 15) is 13.2 Å². The summed E-state index contributed by atoms with van der Waals surface area (Å²) < 4.78 is 23.1. The Morgan fingerprint density at radius 3 is 2.74 bits per heavy atom. The summed E-state index contributed by atoms with van der Waals surface area (Å²) >= 11 is 0. The largest absolute Gasteiger partial charge is 0.346 e. The topological polar surface area (TPSA) is 89.0 Å². The number of nitrogens with one attached hydrogen (secondary N) is 1. The van der Waals surface area contributed by atoms with Crippen molar-refractivity contribution in [2.24, 2.45) is 0 Å². The van der Waals surface area contributed by atoms with Crippen molar-refractivity contribution in [2.45, 2.75) is 18.9 Å². The lowest BCUT2D eigenvalue weighted by atomic mass is 10.0. The smallest absolute Gasteiger partial charge is 0.244 e. The van der Waals surface area contributed by atoms with Crippen LogP contribution in [-0.2, 0) is 14.6 Å². The molecule has 0 radical (unpaired) electrons. The van der Waals surface area contributed by atoms with Gasteiger partial charge in [-0.15, -0.1) is 0 Å². The second kappa shape index (κ2) is 5.73. The molecular formula is C16H17N3O3S. The Morgan fingerprint density at radius 2 is 2.04 bits per heavy atom. The molecule has 2 aromatic rings. The minimum absolute atomic E-state index is 0.0185. The Labute approximate surface area is 134 Å². The van der Waals surface area contributed by atoms with Gasteiger partial charge < -0.3 is 5.32 Å². The Kier molecular flexibility index (Phi) is 3.89. The molecule has 0 bridgehead atoms. The number of para-hydroxylation sites is 2. The number of carbonyl (C=O) groups is 1. The third-order valence-electron chi connectivity index (χ3n) is 3.80. The van der Waals surface area contributed by atoms with Crippen molar-refractivity contribution in [1.29, 1.82) is 0 Å². The molecule has 0 saturated carbocycles. The molecule has 1 amide bonds. The van der Waals surface area contributed by atoms with Gasteiger partial charge in [0.15, 0.2) is 9.84 Å². The predicted molar refractivity (Wildman–Crippen MR) is 88.4 cm³/mol. The zero-order chi connectivity index (χ0) is 16.5. The normalized spacial score (nSPS) is 23.3. The maximum Gasteiger partial charge on any atom is 0.244 e. The monoisotopic (exact) mass is 331 g/mol. The van der Waals surface area contributed by atoms with Gasteiger partial charge in [-0.3, -0.25) is 9.78 Å². The number of aromatic nitrogens is 2. The van der Waals surface area contributed by atoms with Crippen LogP contribution in [0, 0.1) is 0 Å². The van der Waals surface area contributed by atoms with Gasteiger partial charge in [-0.2, -0.15) is 0 Å². The number of nitrogens with zero attached hydrogens (tertiary/aromatic N) is 2. The number of sulfone groups is 1. The van der Waals surface area contributed by atoms with Crippen LogP contribution in [0.3, 0.4) is 0 Å². The average Bonchev–Trinajstić information content (AvgIpc) is 2.78. The van der Waals surface area contributed by atoms with Gasteiger partial charge in [0, 0.05) is 6.08 Å². The molecule has 6 nitrogen and oxygen atoms in total. The van der Waals surface area contributed by atoms with E-state index < -0.39 is 15.4 Å². The molecule has 2 heterocycles.